The summed E-state index contributed by atoms with van der Waals surface area (Å²) in [4.78, 5) is 2.58. The molecule has 0 aliphatic rings. The van der Waals surface area contributed by atoms with Crippen LogP contribution in [0.3, 0.4) is 0 Å². The summed E-state index contributed by atoms with van der Waals surface area (Å²) >= 11 is 0. The number of benzene rings is 1. The van der Waals surface area contributed by atoms with Crippen LogP contribution in [0.25, 0.3) is 16.5 Å². The van der Waals surface area contributed by atoms with Gasteiger partial charge in [0.05, 0.1) is 0 Å². The van der Waals surface area contributed by atoms with Crippen LogP contribution in [0, 0.1) is 12.7 Å². The standard InChI is InChI=1S/C10H11FN4/c1-7-5-9(11)8(6-10(7)12)3-2-4-14-15-13/h2-3,5-6H,4,12H2,1H3. The van der Waals surface area contributed by atoms with Gasteiger partial charge in [0.1, 0.15) is 5.82 Å². The van der Waals surface area contributed by atoms with Crippen LogP contribution in [-0.2, 0) is 0 Å². The van der Waals surface area contributed by atoms with Gasteiger partial charge in [-0.2, -0.15) is 0 Å². The van der Waals surface area contributed by atoms with Crippen molar-refractivity contribution in [1.82, 2.24) is 0 Å². The smallest absolute Gasteiger partial charge is 0.130 e. The minimum atomic E-state index is -0.334. The molecule has 5 heteroatoms. The summed E-state index contributed by atoms with van der Waals surface area (Å²) in [6.07, 6.45) is 3.12. The Morgan fingerprint density at radius 2 is 2.33 bits per heavy atom. The summed E-state index contributed by atoms with van der Waals surface area (Å²) in [7, 11) is 0. The topological polar surface area (TPSA) is 74.8 Å². The van der Waals surface area contributed by atoms with Crippen LogP contribution in [0.4, 0.5) is 10.1 Å². The molecule has 15 heavy (non-hydrogen) atoms. The first-order chi connectivity index (χ1) is 7.15. The number of rotatable bonds is 3. The van der Waals surface area contributed by atoms with Gasteiger partial charge >= 0.3 is 0 Å². The van der Waals surface area contributed by atoms with Gasteiger partial charge in [-0.1, -0.05) is 17.3 Å². The number of hydrogen-bond donors (Lipinski definition) is 1. The monoisotopic (exact) mass is 206 g/mol. The third-order valence-corrected chi connectivity index (χ3v) is 1.93. The first kappa shape index (κ1) is 11.1. The van der Waals surface area contributed by atoms with Crippen molar-refractivity contribution < 1.29 is 4.39 Å². The highest BCUT2D eigenvalue weighted by atomic mass is 19.1. The summed E-state index contributed by atoms with van der Waals surface area (Å²) in [5.74, 6) is -0.334. The second-order valence-electron chi connectivity index (χ2n) is 3.05. The Balaban J connectivity index is 2.90. The zero-order valence-corrected chi connectivity index (χ0v) is 8.31. The van der Waals surface area contributed by atoms with Gasteiger partial charge in [-0.25, -0.2) is 4.39 Å². The van der Waals surface area contributed by atoms with Crippen molar-refractivity contribution >= 4 is 11.8 Å². The molecule has 2 N–H and O–H groups in total. The molecule has 0 aliphatic carbocycles. The molecule has 78 valence electrons. The average Bonchev–Trinajstić information content (AvgIpc) is 2.20. The van der Waals surface area contributed by atoms with Gasteiger partial charge in [0.25, 0.3) is 0 Å². The van der Waals surface area contributed by atoms with Crippen LogP contribution in [0.5, 0.6) is 0 Å². The SMILES string of the molecule is Cc1cc(F)c(C=CCN=[N+]=[N-])cc1N. The lowest BCUT2D eigenvalue weighted by atomic mass is 10.1. The van der Waals surface area contributed by atoms with Crippen molar-refractivity contribution in [3.8, 4) is 0 Å². The predicted molar refractivity (Wildman–Crippen MR) is 58.6 cm³/mol. The van der Waals surface area contributed by atoms with Crippen LogP contribution < -0.4 is 5.73 Å². The van der Waals surface area contributed by atoms with E-state index in [4.69, 9.17) is 11.3 Å². The predicted octanol–water partition coefficient (Wildman–Crippen LogP) is 3.04. The lowest BCUT2D eigenvalue weighted by Crippen LogP contribution is -1.93. The van der Waals surface area contributed by atoms with Crippen molar-refractivity contribution in [3.05, 3.63) is 45.6 Å². The Morgan fingerprint density at radius 3 is 3.00 bits per heavy atom. The fraction of sp³-hybridized carbons (Fsp3) is 0.200. The highest BCUT2D eigenvalue weighted by Gasteiger charge is 2.01. The first-order valence-electron chi connectivity index (χ1n) is 4.38. The van der Waals surface area contributed by atoms with Crippen molar-refractivity contribution in [2.45, 2.75) is 6.92 Å². The number of nitrogens with two attached hydrogens (primary N) is 1. The van der Waals surface area contributed by atoms with Crippen molar-refractivity contribution in [2.75, 3.05) is 12.3 Å². The largest absolute Gasteiger partial charge is 0.398 e. The van der Waals surface area contributed by atoms with Crippen LogP contribution in [0.2, 0.25) is 0 Å². The number of nitrogens with zero attached hydrogens (tertiary/aromatic N) is 3. The molecule has 0 atom stereocenters. The number of azide groups is 1. The van der Waals surface area contributed by atoms with Crippen molar-refractivity contribution in [3.63, 3.8) is 0 Å². The van der Waals surface area contributed by atoms with Crippen LogP contribution in [0.15, 0.2) is 23.3 Å². The Labute approximate surface area is 86.8 Å². The normalized spacial score (nSPS) is 10.3. The maximum Gasteiger partial charge on any atom is 0.130 e. The summed E-state index contributed by atoms with van der Waals surface area (Å²) in [6, 6.07) is 2.93. The maximum absolute atomic E-state index is 13.3. The molecule has 0 fully saturated rings. The summed E-state index contributed by atoms with van der Waals surface area (Å²) in [5.41, 5.74) is 15.3. The molecule has 1 aromatic rings. The second-order valence-corrected chi connectivity index (χ2v) is 3.05. The van der Waals surface area contributed by atoms with E-state index in [0.29, 0.717) is 16.8 Å². The van der Waals surface area contributed by atoms with E-state index in [9.17, 15) is 4.39 Å². The third-order valence-electron chi connectivity index (χ3n) is 1.93. The first-order valence-corrected chi connectivity index (χ1v) is 4.38. The molecule has 0 aliphatic heterocycles. The number of halogens is 1. The van der Waals surface area contributed by atoms with Crippen LogP contribution >= 0.6 is 0 Å². The van der Waals surface area contributed by atoms with E-state index in [-0.39, 0.29) is 12.4 Å². The molecule has 0 bridgehead atoms. The fourth-order valence-corrected chi connectivity index (χ4v) is 1.10. The average molecular weight is 206 g/mol. The molecule has 4 nitrogen and oxygen atoms in total. The molecule has 0 spiro atoms. The van der Waals surface area contributed by atoms with Gasteiger partial charge in [-0.3, -0.25) is 0 Å². The minimum Gasteiger partial charge on any atom is -0.398 e. The van der Waals surface area contributed by atoms with Gasteiger partial charge < -0.3 is 5.73 Å². The van der Waals surface area contributed by atoms with E-state index in [0.717, 1.165) is 0 Å². The third kappa shape index (κ3) is 3.00. The van der Waals surface area contributed by atoms with Gasteiger partial charge in [0, 0.05) is 22.7 Å². The van der Waals surface area contributed by atoms with Gasteiger partial charge in [0.2, 0.25) is 0 Å². The molecule has 0 unspecified atom stereocenters. The molecule has 1 aromatic carbocycles. The van der Waals surface area contributed by atoms with Gasteiger partial charge in [0.15, 0.2) is 0 Å². The number of anilines is 1. The highest BCUT2D eigenvalue weighted by Crippen LogP contribution is 2.18. The van der Waals surface area contributed by atoms with Crippen LogP contribution in [0.1, 0.15) is 11.1 Å². The van der Waals surface area contributed by atoms with Gasteiger partial charge in [-0.05, 0) is 30.2 Å². The molecular weight excluding hydrogens is 195 g/mol. The van der Waals surface area contributed by atoms with Crippen molar-refractivity contribution in [2.24, 2.45) is 5.11 Å². The zero-order chi connectivity index (χ0) is 11.3. The van der Waals surface area contributed by atoms with Crippen molar-refractivity contribution in [1.29, 1.82) is 0 Å². The summed E-state index contributed by atoms with van der Waals surface area (Å²) < 4.78 is 13.3. The summed E-state index contributed by atoms with van der Waals surface area (Å²) in [5, 5.41) is 3.30. The molecule has 0 radical (unpaired) electrons. The van der Waals surface area contributed by atoms with E-state index in [2.05, 4.69) is 10.0 Å². The minimum absolute atomic E-state index is 0.198. The van der Waals surface area contributed by atoms with Crippen LogP contribution in [-0.4, -0.2) is 6.54 Å². The molecule has 0 saturated heterocycles. The zero-order valence-electron chi connectivity index (χ0n) is 8.31. The lowest BCUT2D eigenvalue weighted by Gasteiger charge is -2.02. The fourth-order valence-electron chi connectivity index (χ4n) is 1.10. The molecule has 0 heterocycles. The molecule has 0 amide bonds. The van der Waals surface area contributed by atoms with E-state index in [1.807, 2.05) is 0 Å². The Hall–Kier alpha value is -2.00. The highest BCUT2D eigenvalue weighted by molar-refractivity contribution is 5.59. The molecular formula is C10H11FN4. The number of aryl methyl sites for hydroxylation is 1. The molecule has 1 rings (SSSR count). The number of hydrogen-bond acceptors (Lipinski definition) is 2. The maximum atomic E-state index is 13.3. The molecule has 0 saturated carbocycles. The van der Waals surface area contributed by atoms with E-state index in [1.165, 1.54) is 6.07 Å². The Morgan fingerprint density at radius 1 is 1.60 bits per heavy atom. The van der Waals surface area contributed by atoms with Gasteiger partial charge in [-0.15, -0.1) is 0 Å². The lowest BCUT2D eigenvalue weighted by molar-refractivity contribution is 0.624. The number of nitrogen functional groups attached to an aromatic ring is 1. The Bertz CT molecular complexity index is 433. The molecule has 0 aromatic heterocycles. The second kappa shape index (κ2) is 5.02. The quantitative estimate of drug-likeness (QED) is 0.351. The van der Waals surface area contributed by atoms with E-state index >= 15 is 0 Å². The van der Waals surface area contributed by atoms with E-state index < -0.39 is 0 Å². The Kier molecular flexibility index (Phi) is 3.71. The summed E-state index contributed by atoms with van der Waals surface area (Å²) in [6.45, 7) is 1.94. The van der Waals surface area contributed by atoms with E-state index in [1.54, 1.807) is 25.1 Å².